The summed E-state index contributed by atoms with van der Waals surface area (Å²) < 4.78 is 6.30. The van der Waals surface area contributed by atoms with Gasteiger partial charge >= 0.3 is 0 Å². The number of fused-ring (bicyclic) bond motifs is 1. The number of ether oxygens (including phenoxy) is 1. The molecule has 142 valence electrons. The minimum Gasteiger partial charge on any atom is -0.378 e. The second-order valence-corrected chi connectivity index (χ2v) is 9.34. The third-order valence-electron chi connectivity index (χ3n) is 7.81. The Bertz CT molecular complexity index is 655. The van der Waals surface area contributed by atoms with Crippen molar-refractivity contribution in [2.75, 3.05) is 6.61 Å². The maximum atomic E-state index is 12.3. The molecule has 1 heterocycles. The molecule has 1 saturated heterocycles. The van der Waals surface area contributed by atoms with E-state index in [4.69, 9.17) is 4.74 Å². The molecule has 1 N–H and O–H groups in total. The predicted octanol–water partition coefficient (Wildman–Crippen LogP) is 4.36. The van der Waals surface area contributed by atoms with E-state index in [2.05, 4.69) is 49.5 Å². The highest BCUT2D eigenvalue weighted by molar-refractivity contribution is 5.76. The van der Waals surface area contributed by atoms with Crippen molar-refractivity contribution in [3.05, 3.63) is 35.9 Å². The number of nitrogens with one attached hydrogen (secondary N) is 1. The van der Waals surface area contributed by atoms with E-state index in [1.807, 2.05) is 6.92 Å². The maximum Gasteiger partial charge on any atom is 0.219 e. The number of aryl methyl sites for hydroxylation is 1. The highest BCUT2D eigenvalue weighted by Crippen LogP contribution is 2.68. The van der Waals surface area contributed by atoms with E-state index in [1.165, 1.54) is 18.4 Å². The molecule has 1 amide bonds. The lowest BCUT2D eigenvalue weighted by atomic mass is 9.59. The Morgan fingerprint density at radius 3 is 2.77 bits per heavy atom. The number of hydrogen-bond acceptors (Lipinski definition) is 2. The Kier molecular flexibility index (Phi) is 4.63. The van der Waals surface area contributed by atoms with Gasteiger partial charge in [-0.25, -0.2) is 0 Å². The third-order valence-corrected chi connectivity index (χ3v) is 7.81. The van der Waals surface area contributed by atoms with Crippen LogP contribution in [0.3, 0.4) is 0 Å². The van der Waals surface area contributed by atoms with Crippen molar-refractivity contribution in [1.29, 1.82) is 0 Å². The number of amides is 1. The molecule has 2 bridgehead atoms. The summed E-state index contributed by atoms with van der Waals surface area (Å²) in [6.07, 6.45) is 6.73. The number of benzene rings is 1. The summed E-state index contributed by atoms with van der Waals surface area (Å²) in [4.78, 5) is 12.3. The molecule has 1 aromatic rings. The van der Waals surface area contributed by atoms with Gasteiger partial charge in [0.25, 0.3) is 0 Å². The monoisotopic (exact) mass is 355 g/mol. The van der Waals surface area contributed by atoms with Crippen LogP contribution in [0, 0.1) is 22.7 Å². The Morgan fingerprint density at radius 1 is 1.27 bits per heavy atom. The average Bonchev–Trinajstić information content (AvgIpc) is 3.14. The molecule has 0 radical (unpaired) electrons. The fraction of sp³-hybridized carbons (Fsp3) is 0.696. The average molecular weight is 356 g/mol. The number of carbonyl (C=O) groups is 1. The topological polar surface area (TPSA) is 38.3 Å². The Balaban J connectivity index is 1.53. The van der Waals surface area contributed by atoms with Gasteiger partial charge < -0.3 is 10.1 Å². The first-order valence-corrected chi connectivity index (χ1v) is 10.4. The highest BCUT2D eigenvalue weighted by atomic mass is 16.5. The normalized spacial score (nSPS) is 37.3. The van der Waals surface area contributed by atoms with Crippen LogP contribution in [0.2, 0.25) is 0 Å². The molecule has 3 heteroatoms. The molecule has 3 aliphatic rings. The lowest BCUT2D eigenvalue weighted by Crippen LogP contribution is -2.60. The minimum atomic E-state index is 0.197. The first kappa shape index (κ1) is 18.0. The molecule has 1 spiro atoms. The lowest BCUT2D eigenvalue weighted by Gasteiger charge is -2.53. The molecule has 1 aliphatic heterocycles. The van der Waals surface area contributed by atoms with Crippen LogP contribution in [0.1, 0.15) is 58.4 Å². The van der Waals surface area contributed by atoms with E-state index >= 15 is 0 Å². The predicted molar refractivity (Wildman–Crippen MR) is 104 cm³/mol. The van der Waals surface area contributed by atoms with E-state index in [-0.39, 0.29) is 16.7 Å². The molecular weight excluding hydrogens is 322 g/mol. The fourth-order valence-corrected chi connectivity index (χ4v) is 6.41. The van der Waals surface area contributed by atoms with Crippen molar-refractivity contribution in [3.8, 4) is 0 Å². The van der Waals surface area contributed by atoms with E-state index in [9.17, 15) is 4.79 Å². The molecule has 3 nitrogen and oxygen atoms in total. The second kappa shape index (κ2) is 6.67. The van der Waals surface area contributed by atoms with Crippen molar-refractivity contribution in [3.63, 3.8) is 0 Å². The lowest BCUT2D eigenvalue weighted by molar-refractivity contribution is -0.136. The molecule has 2 aliphatic carbocycles. The van der Waals surface area contributed by atoms with E-state index in [1.54, 1.807) is 0 Å². The van der Waals surface area contributed by atoms with Crippen molar-refractivity contribution < 1.29 is 9.53 Å². The SMILES string of the molecule is CCC(=O)N[C@@H]1C(C)(C)[C@@H]2C[C@@H]3[C@@H](CCc4ccccc4)OCC[C@@]31C2. The van der Waals surface area contributed by atoms with E-state index in [0.717, 1.165) is 25.9 Å². The van der Waals surface area contributed by atoms with Gasteiger partial charge in [0.05, 0.1) is 6.10 Å². The zero-order valence-corrected chi connectivity index (χ0v) is 16.5. The fourth-order valence-electron chi connectivity index (χ4n) is 6.41. The summed E-state index contributed by atoms with van der Waals surface area (Å²) in [5.41, 5.74) is 1.84. The number of carbonyl (C=O) groups excluding carboxylic acids is 1. The molecule has 0 aromatic heterocycles. The van der Waals surface area contributed by atoms with Crippen LogP contribution in [-0.2, 0) is 16.0 Å². The standard InChI is InChI=1S/C23H33NO2/c1-4-20(25)24-21-22(2,3)17-14-18-19(26-13-12-23(18,21)15-17)11-10-16-8-6-5-7-9-16/h5-9,17-19,21H,4,10-15H2,1-3H3,(H,24,25)/t17-,18-,19-,21-,23-/m1/s1. The van der Waals surface area contributed by atoms with Crippen LogP contribution in [0.25, 0.3) is 0 Å². The number of hydrogen-bond donors (Lipinski definition) is 1. The van der Waals surface area contributed by atoms with Crippen molar-refractivity contribution in [2.24, 2.45) is 22.7 Å². The zero-order chi connectivity index (χ0) is 18.4. The van der Waals surface area contributed by atoms with Crippen LogP contribution in [0.4, 0.5) is 0 Å². The minimum absolute atomic E-state index is 0.197. The van der Waals surface area contributed by atoms with Gasteiger partial charge in [0.1, 0.15) is 0 Å². The van der Waals surface area contributed by atoms with Gasteiger partial charge in [-0.15, -0.1) is 0 Å². The smallest absolute Gasteiger partial charge is 0.219 e. The third kappa shape index (κ3) is 2.79. The van der Waals surface area contributed by atoms with E-state index in [0.29, 0.717) is 30.4 Å². The van der Waals surface area contributed by atoms with Crippen molar-refractivity contribution >= 4 is 5.91 Å². The summed E-state index contributed by atoms with van der Waals surface area (Å²) in [6.45, 7) is 7.55. The quantitative estimate of drug-likeness (QED) is 0.852. The van der Waals surface area contributed by atoms with Gasteiger partial charge in [0.2, 0.25) is 5.91 Å². The molecule has 26 heavy (non-hydrogen) atoms. The summed E-state index contributed by atoms with van der Waals surface area (Å²) in [6, 6.07) is 11.0. The van der Waals surface area contributed by atoms with Gasteiger partial charge in [-0.1, -0.05) is 51.1 Å². The van der Waals surface area contributed by atoms with Crippen LogP contribution in [0.15, 0.2) is 30.3 Å². The largest absolute Gasteiger partial charge is 0.378 e. The first-order valence-electron chi connectivity index (χ1n) is 10.4. The molecular formula is C23H33NO2. The van der Waals surface area contributed by atoms with E-state index < -0.39 is 0 Å². The maximum absolute atomic E-state index is 12.3. The Hall–Kier alpha value is -1.35. The van der Waals surface area contributed by atoms with Crippen LogP contribution in [-0.4, -0.2) is 24.7 Å². The summed E-state index contributed by atoms with van der Waals surface area (Å²) in [5, 5.41) is 3.44. The summed E-state index contributed by atoms with van der Waals surface area (Å²) in [5.74, 6) is 1.51. The molecule has 2 saturated carbocycles. The van der Waals surface area contributed by atoms with Gasteiger partial charge in [0, 0.05) is 19.1 Å². The second-order valence-electron chi connectivity index (χ2n) is 9.34. The molecule has 1 aromatic carbocycles. The summed E-state index contributed by atoms with van der Waals surface area (Å²) >= 11 is 0. The number of rotatable bonds is 5. The molecule has 5 atom stereocenters. The van der Waals surface area contributed by atoms with Gasteiger partial charge in [-0.05, 0) is 60.3 Å². The molecule has 0 unspecified atom stereocenters. The van der Waals surface area contributed by atoms with Crippen LogP contribution >= 0.6 is 0 Å². The summed E-state index contributed by atoms with van der Waals surface area (Å²) in [7, 11) is 0. The van der Waals surface area contributed by atoms with Crippen LogP contribution in [0.5, 0.6) is 0 Å². The Labute approximate surface area is 157 Å². The van der Waals surface area contributed by atoms with Gasteiger partial charge in [-0.3, -0.25) is 4.79 Å². The molecule has 3 fully saturated rings. The van der Waals surface area contributed by atoms with Gasteiger partial charge in [0.15, 0.2) is 0 Å². The van der Waals surface area contributed by atoms with Crippen molar-refractivity contribution in [1.82, 2.24) is 5.32 Å². The van der Waals surface area contributed by atoms with Gasteiger partial charge in [-0.2, -0.15) is 0 Å². The van der Waals surface area contributed by atoms with Crippen LogP contribution < -0.4 is 5.32 Å². The zero-order valence-electron chi connectivity index (χ0n) is 16.5. The molecule has 4 rings (SSSR count). The van der Waals surface area contributed by atoms with Crippen molar-refractivity contribution in [2.45, 2.75) is 71.4 Å². The Morgan fingerprint density at radius 2 is 2.04 bits per heavy atom. The highest BCUT2D eigenvalue weighted by Gasteiger charge is 2.68. The first-order chi connectivity index (χ1) is 12.5.